The van der Waals surface area contributed by atoms with E-state index in [1.54, 1.807) is 0 Å². The van der Waals surface area contributed by atoms with E-state index in [9.17, 15) is 4.79 Å². The number of rotatable bonds is 1. The molecule has 0 saturated carbocycles. The summed E-state index contributed by atoms with van der Waals surface area (Å²) in [5, 5.41) is 11.7. The normalized spacial score (nSPS) is 9.50. The molecule has 0 heterocycles. The summed E-state index contributed by atoms with van der Waals surface area (Å²) in [6.45, 7) is 0. The number of amides is 1. The molecule has 1 aromatic rings. The van der Waals surface area contributed by atoms with Gasteiger partial charge in [-0.15, -0.1) is 0 Å². The average molecular weight is 186 g/mol. The highest BCUT2D eigenvalue weighted by atomic mass is 35.5. The number of phenolic OH excluding ortho intramolecular Hbond substituents is 1. The molecule has 0 unspecified atom stereocenters. The molecule has 0 aliphatic rings. The first-order valence-corrected chi connectivity index (χ1v) is 3.73. The van der Waals surface area contributed by atoms with Crippen molar-refractivity contribution < 1.29 is 9.90 Å². The van der Waals surface area contributed by atoms with Crippen LogP contribution >= 0.6 is 11.6 Å². The number of carbonyl (C=O) groups is 1. The second-order valence-electron chi connectivity index (χ2n) is 2.24. The molecule has 0 radical (unpaired) electrons. The van der Waals surface area contributed by atoms with Gasteiger partial charge in [0.2, 0.25) is 0 Å². The van der Waals surface area contributed by atoms with E-state index >= 15 is 0 Å². The molecular weight excluding hydrogens is 178 g/mol. The smallest absolute Gasteiger partial charge is 0.252 e. The van der Waals surface area contributed by atoms with Gasteiger partial charge in [-0.05, 0) is 18.2 Å². The number of aromatic hydroxyl groups is 1. The fraction of sp³-hybridized carbons (Fsp3) is 0.125. The summed E-state index contributed by atoms with van der Waals surface area (Å²) in [6, 6.07) is 4.21. The Kier molecular flexibility index (Phi) is 2.55. The summed E-state index contributed by atoms with van der Waals surface area (Å²) in [7, 11) is 1.52. The standard InChI is InChI=1S/C8H8ClNO2/c1-10-8(12)6-3-2-5(11)4-7(6)9/h2-4,11H,1H3,(H,10,12). The zero-order valence-electron chi connectivity index (χ0n) is 6.47. The molecule has 0 bridgehead atoms. The Balaban J connectivity index is 3.09. The van der Waals surface area contributed by atoms with Gasteiger partial charge in [0, 0.05) is 7.05 Å². The summed E-state index contributed by atoms with van der Waals surface area (Å²) in [4.78, 5) is 11.1. The minimum atomic E-state index is -0.264. The SMILES string of the molecule is CNC(=O)c1ccc(O)cc1Cl. The Morgan fingerprint density at radius 1 is 1.58 bits per heavy atom. The predicted octanol–water partition coefficient (Wildman–Crippen LogP) is 1.41. The van der Waals surface area contributed by atoms with Gasteiger partial charge in [-0.1, -0.05) is 11.6 Å². The summed E-state index contributed by atoms with van der Waals surface area (Å²) in [6.07, 6.45) is 0. The van der Waals surface area contributed by atoms with Crippen LogP contribution in [0, 0.1) is 0 Å². The molecule has 1 aromatic carbocycles. The third-order valence-electron chi connectivity index (χ3n) is 1.42. The fourth-order valence-corrected chi connectivity index (χ4v) is 1.08. The highest BCUT2D eigenvalue weighted by molar-refractivity contribution is 6.34. The van der Waals surface area contributed by atoms with Crippen LogP contribution in [-0.2, 0) is 0 Å². The van der Waals surface area contributed by atoms with Crippen molar-refractivity contribution in [2.75, 3.05) is 7.05 Å². The quantitative estimate of drug-likeness (QED) is 0.695. The van der Waals surface area contributed by atoms with Crippen LogP contribution < -0.4 is 5.32 Å². The number of phenols is 1. The summed E-state index contributed by atoms with van der Waals surface area (Å²) in [5.74, 6) is -0.215. The van der Waals surface area contributed by atoms with E-state index in [1.165, 1.54) is 25.2 Å². The number of benzene rings is 1. The molecular formula is C8H8ClNO2. The second-order valence-corrected chi connectivity index (χ2v) is 2.65. The van der Waals surface area contributed by atoms with E-state index in [2.05, 4.69) is 5.32 Å². The lowest BCUT2D eigenvalue weighted by atomic mass is 10.2. The zero-order valence-corrected chi connectivity index (χ0v) is 7.22. The molecule has 0 aromatic heterocycles. The minimum absolute atomic E-state index is 0.0488. The Labute approximate surface area is 75.0 Å². The van der Waals surface area contributed by atoms with Crippen molar-refractivity contribution in [1.82, 2.24) is 5.32 Å². The topological polar surface area (TPSA) is 49.3 Å². The van der Waals surface area contributed by atoms with E-state index in [-0.39, 0.29) is 16.7 Å². The van der Waals surface area contributed by atoms with Gasteiger partial charge in [0.1, 0.15) is 5.75 Å². The summed E-state index contributed by atoms with van der Waals surface area (Å²) < 4.78 is 0. The molecule has 1 amide bonds. The van der Waals surface area contributed by atoms with Crippen molar-refractivity contribution in [2.45, 2.75) is 0 Å². The van der Waals surface area contributed by atoms with Gasteiger partial charge in [0.15, 0.2) is 0 Å². The Morgan fingerprint density at radius 2 is 2.25 bits per heavy atom. The molecule has 2 N–H and O–H groups in total. The molecule has 0 spiro atoms. The van der Waals surface area contributed by atoms with Gasteiger partial charge in [-0.25, -0.2) is 0 Å². The van der Waals surface area contributed by atoms with E-state index in [1.807, 2.05) is 0 Å². The molecule has 0 saturated heterocycles. The van der Waals surface area contributed by atoms with Gasteiger partial charge >= 0.3 is 0 Å². The molecule has 0 fully saturated rings. The maximum absolute atomic E-state index is 11.1. The van der Waals surface area contributed by atoms with Crippen molar-refractivity contribution in [1.29, 1.82) is 0 Å². The Morgan fingerprint density at radius 3 is 2.75 bits per heavy atom. The predicted molar refractivity (Wildman–Crippen MR) is 46.5 cm³/mol. The molecule has 12 heavy (non-hydrogen) atoms. The van der Waals surface area contributed by atoms with Crippen LogP contribution in [0.1, 0.15) is 10.4 Å². The van der Waals surface area contributed by atoms with Gasteiger partial charge in [0.05, 0.1) is 10.6 Å². The Bertz CT molecular complexity index is 312. The number of hydrogen-bond acceptors (Lipinski definition) is 2. The third-order valence-corrected chi connectivity index (χ3v) is 1.74. The largest absolute Gasteiger partial charge is 0.508 e. The van der Waals surface area contributed by atoms with Crippen LogP contribution in [-0.4, -0.2) is 18.1 Å². The van der Waals surface area contributed by atoms with Gasteiger partial charge in [0.25, 0.3) is 5.91 Å². The molecule has 64 valence electrons. The lowest BCUT2D eigenvalue weighted by Crippen LogP contribution is -2.17. The summed E-state index contributed by atoms with van der Waals surface area (Å²) in [5.41, 5.74) is 0.358. The molecule has 0 aliphatic carbocycles. The van der Waals surface area contributed by atoms with E-state index in [4.69, 9.17) is 16.7 Å². The molecule has 1 rings (SSSR count). The van der Waals surface area contributed by atoms with Gasteiger partial charge in [-0.3, -0.25) is 4.79 Å². The van der Waals surface area contributed by atoms with Crippen molar-refractivity contribution >= 4 is 17.5 Å². The number of hydrogen-bond donors (Lipinski definition) is 2. The van der Waals surface area contributed by atoms with Crippen LogP contribution in [0.3, 0.4) is 0 Å². The first-order valence-electron chi connectivity index (χ1n) is 3.35. The molecule has 0 atom stereocenters. The highest BCUT2D eigenvalue weighted by Crippen LogP contribution is 2.20. The van der Waals surface area contributed by atoms with E-state index < -0.39 is 0 Å². The lowest BCUT2D eigenvalue weighted by molar-refractivity contribution is 0.0963. The second kappa shape index (κ2) is 3.45. The number of carbonyl (C=O) groups excluding carboxylic acids is 1. The maximum Gasteiger partial charge on any atom is 0.252 e. The molecule has 3 nitrogen and oxygen atoms in total. The van der Waals surface area contributed by atoms with Crippen LogP contribution in [0.15, 0.2) is 18.2 Å². The number of halogens is 1. The average Bonchev–Trinajstić information content (AvgIpc) is 2.03. The summed E-state index contributed by atoms with van der Waals surface area (Å²) >= 11 is 5.68. The van der Waals surface area contributed by atoms with E-state index in [0.29, 0.717) is 5.56 Å². The Hall–Kier alpha value is -1.22. The lowest BCUT2D eigenvalue weighted by Gasteiger charge is -2.01. The zero-order chi connectivity index (χ0) is 9.14. The van der Waals surface area contributed by atoms with Crippen molar-refractivity contribution in [3.05, 3.63) is 28.8 Å². The van der Waals surface area contributed by atoms with Gasteiger partial charge in [-0.2, -0.15) is 0 Å². The third kappa shape index (κ3) is 1.68. The van der Waals surface area contributed by atoms with Crippen molar-refractivity contribution in [3.8, 4) is 5.75 Å². The first kappa shape index (κ1) is 8.87. The molecule has 4 heteroatoms. The van der Waals surface area contributed by atoms with Crippen molar-refractivity contribution in [3.63, 3.8) is 0 Å². The van der Waals surface area contributed by atoms with Crippen LogP contribution in [0.4, 0.5) is 0 Å². The monoisotopic (exact) mass is 185 g/mol. The maximum atomic E-state index is 11.1. The van der Waals surface area contributed by atoms with Crippen LogP contribution in [0.5, 0.6) is 5.75 Å². The molecule has 0 aliphatic heterocycles. The fourth-order valence-electron chi connectivity index (χ4n) is 0.823. The highest BCUT2D eigenvalue weighted by Gasteiger charge is 2.07. The number of nitrogens with one attached hydrogen (secondary N) is 1. The van der Waals surface area contributed by atoms with E-state index in [0.717, 1.165) is 0 Å². The first-order chi connectivity index (χ1) is 5.65. The van der Waals surface area contributed by atoms with Crippen LogP contribution in [0.2, 0.25) is 5.02 Å². The minimum Gasteiger partial charge on any atom is -0.508 e. The van der Waals surface area contributed by atoms with Crippen molar-refractivity contribution in [2.24, 2.45) is 0 Å². The van der Waals surface area contributed by atoms with Gasteiger partial charge < -0.3 is 10.4 Å². The van der Waals surface area contributed by atoms with Crippen LogP contribution in [0.25, 0.3) is 0 Å².